The Morgan fingerprint density at radius 2 is 1.67 bits per heavy atom. The highest BCUT2D eigenvalue weighted by Gasteiger charge is 2.34. The summed E-state index contributed by atoms with van der Waals surface area (Å²) in [4.78, 5) is 12.7. The minimum absolute atomic E-state index is 0.0200. The molecule has 1 aliphatic heterocycles. The topological polar surface area (TPSA) is 63.7 Å². The van der Waals surface area contributed by atoms with Crippen LogP contribution in [-0.4, -0.2) is 31.8 Å². The van der Waals surface area contributed by atoms with Crippen molar-refractivity contribution in [1.29, 1.82) is 0 Å². The molecule has 0 unspecified atom stereocenters. The summed E-state index contributed by atoms with van der Waals surface area (Å²) in [6, 6.07) is 17.6. The zero-order chi connectivity index (χ0) is 21.3. The molecule has 156 valence electrons. The molecule has 5 nitrogen and oxygen atoms in total. The first-order chi connectivity index (χ1) is 14.4. The second-order valence-corrected chi connectivity index (χ2v) is 9.90. The zero-order valence-electron chi connectivity index (χ0n) is 15.9. The maximum atomic E-state index is 12.9. The van der Waals surface area contributed by atoms with Gasteiger partial charge in [0.15, 0.2) is 0 Å². The number of rotatable bonds is 4. The van der Waals surface area contributed by atoms with Crippen LogP contribution in [0.2, 0.25) is 10.0 Å². The summed E-state index contributed by atoms with van der Waals surface area (Å²) in [6.07, 6.45) is 0.752. The van der Waals surface area contributed by atoms with Gasteiger partial charge in [-0.1, -0.05) is 59.6 Å². The Kier molecular flexibility index (Phi) is 6.02. The quantitative estimate of drug-likeness (QED) is 0.396. The predicted molar refractivity (Wildman–Crippen MR) is 118 cm³/mol. The van der Waals surface area contributed by atoms with E-state index in [2.05, 4.69) is 0 Å². The van der Waals surface area contributed by atoms with E-state index in [0.717, 1.165) is 10.8 Å². The van der Waals surface area contributed by atoms with Crippen LogP contribution >= 0.6 is 23.2 Å². The van der Waals surface area contributed by atoms with Gasteiger partial charge in [0.05, 0.1) is 10.9 Å². The Morgan fingerprint density at radius 1 is 0.967 bits per heavy atom. The first-order valence-electron chi connectivity index (χ1n) is 9.51. The van der Waals surface area contributed by atoms with Crippen molar-refractivity contribution >= 4 is 50.0 Å². The van der Waals surface area contributed by atoms with E-state index >= 15 is 0 Å². The fraction of sp³-hybridized carbons (Fsp3) is 0.227. The molecule has 8 heteroatoms. The number of carbonyl (C=O) groups excluding carboxylic acids is 1. The van der Waals surface area contributed by atoms with Gasteiger partial charge >= 0.3 is 5.97 Å². The van der Waals surface area contributed by atoms with Crippen molar-refractivity contribution in [2.24, 2.45) is 5.92 Å². The summed E-state index contributed by atoms with van der Waals surface area (Å²) in [5.74, 6) is -0.201. The number of esters is 1. The van der Waals surface area contributed by atoms with Gasteiger partial charge in [-0.05, 0) is 42.5 Å². The maximum Gasteiger partial charge on any atom is 0.314 e. The van der Waals surface area contributed by atoms with Gasteiger partial charge in [0.1, 0.15) is 10.6 Å². The van der Waals surface area contributed by atoms with Gasteiger partial charge in [-0.25, -0.2) is 8.42 Å². The van der Waals surface area contributed by atoms with Crippen LogP contribution in [0.1, 0.15) is 12.8 Å². The molecule has 1 fully saturated rings. The van der Waals surface area contributed by atoms with Gasteiger partial charge < -0.3 is 4.74 Å². The second-order valence-electron chi connectivity index (χ2n) is 7.15. The van der Waals surface area contributed by atoms with Crippen LogP contribution < -0.4 is 4.74 Å². The number of halogens is 2. The predicted octanol–water partition coefficient (Wildman–Crippen LogP) is 5.15. The largest absolute Gasteiger partial charge is 0.426 e. The van der Waals surface area contributed by atoms with E-state index in [1.165, 1.54) is 16.4 Å². The summed E-state index contributed by atoms with van der Waals surface area (Å²) < 4.78 is 32.9. The van der Waals surface area contributed by atoms with Crippen molar-refractivity contribution in [2.75, 3.05) is 13.1 Å². The summed E-state index contributed by atoms with van der Waals surface area (Å²) >= 11 is 12.0. The van der Waals surface area contributed by atoms with E-state index in [1.807, 2.05) is 36.4 Å². The maximum absolute atomic E-state index is 12.9. The average Bonchev–Trinajstić information content (AvgIpc) is 2.75. The van der Waals surface area contributed by atoms with Gasteiger partial charge in [0, 0.05) is 23.5 Å². The molecule has 0 aromatic heterocycles. The monoisotopic (exact) mass is 463 g/mol. The van der Waals surface area contributed by atoms with Gasteiger partial charge in [-0.3, -0.25) is 4.79 Å². The third kappa shape index (κ3) is 4.18. The van der Waals surface area contributed by atoms with Crippen LogP contribution in [0.3, 0.4) is 0 Å². The Bertz CT molecular complexity index is 1200. The van der Waals surface area contributed by atoms with Gasteiger partial charge in [-0.15, -0.1) is 0 Å². The van der Waals surface area contributed by atoms with Crippen molar-refractivity contribution in [2.45, 2.75) is 17.7 Å². The first kappa shape index (κ1) is 21.1. The van der Waals surface area contributed by atoms with Crippen molar-refractivity contribution in [3.63, 3.8) is 0 Å². The van der Waals surface area contributed by atoms with Gasteiger partial charge in [0.25, 0.3) is 0 Å². The van der Waals surface area contributed by atoms with E-state index in [1.54, 1.807) is 12.1 Å². The lowest BCUT2D eigenvalue weighted by Gasteiger charge is -2.30. The van der Waals surface area contributed by atoms with Gasteiger partial charge in [-0.2, -0.15) is 4.31 Å². The molecule has 1 aliphatic rings. The van der Waals surface area contributed by atoms with Crippen LogP contribution in [0.15, 0.2) is 65.6 Å². The second kappa shape index (κ2) is 8.55. The summed E-state index contributed by atoms with van der Waals surface area (Å²) in [7, 11) is -3.79. The van der Waals surface area contributed by atoms with Crippen molar-refractivity contribution < 1.29 is 17.9 Å². The highest BCUT2D eigenvalue weighted by molar-refractivity contribution is 7.89. The molecule has 0 spiro atoms. The number of hydrogen-bond donors (Lipinski definition) is 0. The molecular formula is C22H19Cl2NO4S. The number of sulfonamides is 1. The average molecular weight is 464 g/mol. The van der Waals surface area contributed by atoms with Crippen LogP contribution in [0.5, 0.6) is 5.75 Å². The Balaban J connectivity index is 1.45. The molecule has 0 saturated carbocycles. The number of ether oxygens (including phenoxy) is 1. The minimum Gasteiger partial charge on any atom is -0.426 e. The van der Waals surface area contributed by atoms with Crippen LogP contribution in [0.4, 0.5) is 0 Å². The highest BCUT2D eigenvalue weighted by Crippen LogP contribution is 2.31. The standard InChI is InChI=1S/C22H19Cl2NO4S/c23-17-8-9-19(24)21(14-17)30(27,28)25-12-10-16(11-13-25)22(26)29-20-7-3-5-15-4-1-2-6-18(15)20/h1-9,14,16H,10-13H2. The van der Waals surface area contributed by atoms with Gasteiger partial charge in [0.2, 0.25) is 10.0 Å². The summed E-state index contributed by atoms with van der Waals surface area (Å²) in [5.41, 5.74) is 0. The molecule has 30 heavy (non-hydrogen) atoms. The smallest absolute Gasteiger partial charge is 0.314 e. The molecule has 4 rings (SSSR count). The van der Waals surface area contributed by atoms with Crippen molar-refractivity contribution in [3.05, 3.63) is 70.7 Å². The third-order valence-corrected chi connectivity index (χ3v) is 7.87. The number of piperidine rings is 1. The molecule has 0 aliphatic carbocycles. The lowest BCUT2D eigenvalue weighted by atomic mass is 9.98. The molecule has 0 atom stereocenters. The van der Waals surface area contributed by atoms with Crippen molar-refractivity contribution in [3.8, 4) is 5.75 Å². The number of fused-ring (bicyclic) bond motifs is 1. The van der Waals surface area contributed by atoms with Crippen molar-refractivity contribution in [1.82, 2.24) is 4.31 Å². The van der Waals surface area contributed by atoms with E-state index in [4.69, 9.17) is 27.9 Å². The van der Waals surface area contributed by atoms with E-state index in [0.29, 0.717) is 23.6 Å². The molecule has 0 amide bonds. The number of carbonyl (C=O) groups is 1. The highest BCUT2D eigenvalue weighted by atomic mass is 35.5. The number of benzene rings is 3. The van der Waals surface area contributed by atoms with Crippen LogP contribution in [-0.2, 0) is 14.8 Å². The molecular weight excluding hydrogens is 445 g/mol. The summed E-state index contributed by atoms with van der Waals surface area (Å²) in [5, 5.41) is 2.27. The normalized spacial score (nSPS) is 15.9. The molecule has 0 radical (unpaired) electrons. The van der Waals surface area contributed by atoms with E-state index in [9.17, 15) is 13.2 Å². The molecule has 0 bridgehead atoms. The third-order valence-electron chi connectivity index (χ3n) is 5.26. The van der Waals surface area contributed by atoms with E-state index in [-0.39, 0.29) is 34.9 Å². The Labute approximate surface area is 185 Å². The lowest BCUT2D eigenvalue weighted by molar-refractivity contribution is -0.140. The van der Waals surface area contributed by atoms with E-state index < -0.39 is 10.0 Å². The SMILES string of the molecule is O=C(Oc1cccc2ccccc12)C1CCN(S(=O)(=O)c2cc(Cl)ccc2Cl)CC1. The van der Waals surface area contributed by atoms with Crippen LogP contribution in [0.25, 0.3) is 10.8 Å². The molecule has 3 aromatic carbocycles. The number of hydrogen-bond acceptors (Lipinski definition) is 4. The number of nitrogens with zero attached hydrogens (tertiary/aromatic N) is 1. The minimum atomic E-state index is -3.79. The molecule has 3 aromatic rings. The van der Waals surface area contributed by atoms with Crippen LogP contribution in [0, 0.1) is 5.92 Å². The molecule has 1 saturated heterocycles. The molecule has 1 heterocycles. The Morgan fingerprint density at radius 3 is 2.43 bits per heavy atom. The fourth-order valence-corrected chi connectivity index (χ4v) is 5.83. The fourth-order valence-electron chi connectivity index (χ4n) is 3.62. The zero-order valence-corrected chi connectivity index (χ0v) is 18.3. The summed E-state index contributed by atoms with van der Waals surface area (Å²) in [6.45, 7) is 0.418. The first-order valence-corrected chi connectivity index (χ1v) is 11.7. The molecule has 0 N–H and O–H groups in total. The lowest BCUT2D eigenvalue weighted by Crippen LogP contribution is -2.41. The Hall–Kier alpha value is -2.12.